The molecule has 1 aromatic heterocycles. The third-order valence-corrected chi connectivity index (χ3v) is 5.32. The smallest absolute Gasteiger partial charge is 0.351 e. The summed E-state index contributed by atoms with van der Waals surface area (Å²) in [5.41, 5.74) is 4.73. The SMILES string of the molecule is CC1CCN(c2ncnc(NN(c3ccccc3)c3ccccc3)c2[N+](=O)[O-])CC1. The first-order valence-electron chi connectivity index (χ1n) is 10.0. The van der Waals surface area contributed by atoms with Gasteiger partial charge in [-0.3, -0.25) is 20.5 Å². The molecule has 0 radical (unpaired) electrons. The molecule has 1 saturated heterocycles. The van der Waals surface area contributed by atoms with Crippen molar-refractivity contribution in [2.75, 3.05) is 28.4 Å². The summed E-state index contributed by atoms with van der Waals surface area (Å²) in [6, 6.07) is 19.2. The van der Waals surface area contributed by atoms with Crippen molar-refractivity contribution < 1.29 is 4.92 Å². The molecule has 154 valence electrons. The van der Waals surface area contributed by atoms with E-state index in [-0.39, 0.29) is 11.5 Å². The Morgan fingerprint density at radius 3 is 2.10 bits per heavy atom. The van der Waals surface area contributed by atoms with Crippen LogP contribution in [0.15, 0.2) is 67.0 Å². The highest BCUT2D eigenvalue weighted by Crippen LogP contribution is 2.36. The summed E-state index contributed by atoms with van der Waals surface area (Å²) < 4.78 is 0. The summed E-state index contributed by atoms with van der Waals surface area (Å²) in [5.74, 6) is 1.15. The van der Waals surface area contributed by atoms with Crippen molar-refractivity contribution in [3.05, 3.63) is 77.1 Å². The van der Waals surface area contributed by atoms with Crippen molar-refractivity contribution in [2.24, 2.45) is 5.92 Å². The molecule has 8 nitrogen and oxygen atoms in total. The van der Waals surface area contributed by atoms with Crippen molar-refractivity contribution >= 4 is 28.7 Å². The van der Waals surface area contributed by atoms with E-state index in [4.69, 9.17) is 0 Å². The second-order valence-electron chi connectivity index (χ2n) is 7.44. The Labute approximate surface area is 175 Å². The Balaban J connectivity index is 1.73. The van der Waals surface area contributed by atoms with Crippen LogP contribution in [0, 0.1) is 16.0 Å². The van der Waals surface area contributed by atoms with Crippen molar-refractivity contribution in [3.8, 4) is 0 Å². The largest absolute Gasteiger partial charge is 0.355 e. The number of nitrogens with one attached hydrogen (secondary N) is 1. The molecule has 0 atom stereocenters. The maximum absolute atomic E-state index is 12.0. The number of hydrogen-bond acceptors (Lipinski definition) is 7. The van der Waals surface area contributed by atoms with Gasteiger partial charge in [0.2, 0.25) is 11.6 Å². The van der Waals surface area contributed by atoms with Crippen LogP contribution in [0.1, 0.15) is 19.8 Å². The Kier molecular flexibility index (Phi) is 5.74. The van der Waals surface area contributed by atoms with E-state index in [9.17, 15) is 10.1 Å². The van der Waals surface area contributed by atoms with Gasteiger partial charge in [0, 0.05) is 13.1 Å². The van der Waals surface area contributed by atoms with Crippen LogP contribution in [0.5, 0.6) is 0 Å². The van der Waals surface area contributed by atoms with Crippen LogP contribution in [-0.4, -0.2) is 28.0 Å². The summed E-state index contributed by atoms with van der Waals surface area (Å²) in [4.78, 5) is 22.1. The molecule has 8 heteroatoms. The lowest BCUT2D eigenvalue weighted by molar-refractivity contribution is -0.383. The molecule has 0 bridgehead atoms. The van der Waals surface area contributed by atoms with Gasteiger partial charge in [-0.2, -0.15) is 0 Å². The van der Waals surface area contributed by atoms with Crippen LogP contribution in [0.2, 0.25) is 0 Å². The average Bonchev–Trinajstić information content (AvgIpc) is 2.79. The minimum absolute atomic E-state index is 0.107. The summed E-state index contributed by atoms with van der Waals surface area (Å²) in [6.07, 6.45) is 3.37. The van der Waals surface area contributed by atoms with Crippen molar-refractivity contribution in [2.45, 2.75) is 19.8 Å². The predicted molar refractivity (Wildman–Crippen MR) is 118 cm³/mol. The maximum atomic E-state index is 12.0. The highest BCUT2D eigenvalue weighted by Gasteiger charge is 2.30. The molecule has 2 heterocycles. The van der Waals surface area contributed by atoms with Gasteiger partial charge in [0.25, 0.3) is 0 Å². The molecular weight excluding hydrogens is 380 g/mol. The first-order valence-corrected chi connectivity index (χ1v) is 10.0. The fraction of sp³-hybridized carbons (Fsp3) is 0.273. The predicted octanol–water partition coefficient (Wildman–Crippen LogP) is 4.79. The number of piperidine rings is 1. The zero-order valence-corrected chi connectivity index (χ0v) is 16.8. The van der Waals surface area contributed by atoms with Crippen molar-refractivity contribution in [1.29, 1.82) is 0 Å². The summed E-state index contributed by atoms with van der Waals surface area (Å²) in [5, 5.41) is 13.8. The molecule has 0 amide bonds. The van der Waals surface area contributed by atoms with E-state index in [1.165, 1.54) is 6.33 Å². The maximum Gasteiger partial charge on any atom is 0.355 e. The van der Waals surface area contributed by atoms with Crippen LogP contribution in [0.4, 0.5) is 28.7 Å². The van der Waals surface area contributed by atoms with Gasteiger partial charge >= 0.3 is 5.69 Å². The van der Waals surface area contributed by atoms with Crippen molar-refractivity contribution in [1.82, 2.24) is 9.97 Å². The molecule has 30 heavy (non-hydrogen) atoms. The highest BCUT2D eigenvalue weighted by molar-refractivity contribution is 5.75. The van der Waals surface area contributed by atoms with Crippen LogP contribution < -0.4 is 15.3 Å². The molecule has 4 rings (SSSR count). The van der Waals surface area contributed by atoms with Crippen LogP contribution in [-0.2, 0) is 0 Å². The van der Waals surface area contributed by atoms with E-state index >= 15 is 0 Å². The van der Waals surface area contributed by atoms with Crippen LogP contribution in [0.3, 0.4) is 0 Å². The number of aromatic nitrogens is 2. The second-order valence-corrected chi connectivity index (χ2v) is 7.44. The molecular formula is C22H24N6O2. The molecule has 3 aromatic rings. The first-order chi connectivity index (χ1) is 14.6. The highest BCUT2D eigenvalue weighted by atomic mass is 16.6. The molecule has 2 aromatic carbocycles. The first kappa shape index (κ1) is 19.6. The lowest BCUT2D eigenvalue weighted by Crippen LogP contribution is -2.34. The second kappa shape index (κ2) is 8.77. The van der Waals surface area contributed by atoms with Gasteiger partial charge < -0.3 is 4.90 Å². The molecule has 1 N–H and O–H groups in total. The van der Waals surface area contributed by atoms with E-state index in [0.29, 0.717) is 11.7 Å². The molecule has 1 fully saturated rings. The number of hydrazine groups is 1. The van der Waals surface area contributed by atoms with Crippen LogP contribution in [0.25, 0.3) is 0 Å². The van der Waals surface area contributed by atoms with Gasteiger partial charge in [-0.15, -0.1) is 0 Å². The third-order valence-electron chi connectivity index (χ3n) is 5.32. The van der Waals surface area contributed by atoms with E-state index in [2.05, 4.69) is 22.3 Å². The molecule has 1 aliphatic heterocycles. The number of nitrogens with zero attached hydrogens (tertiary/aromatic N) is 5. The Hall–Kier alpha value is -3.68. The zero-order valence-electron chi connectivity index (χ0n) is 16.8. The van der Waals surface area contributed by atoms with Gasteiger partial charge in [-0.25, -0.2) is 9.97 Å². The summed E-state index contributed by atoms with van der Waals surface area (Å²) in [7, 11) is 0. The lowest BCUT2D eigenvalue weighted by Gasteiger charge is -2.31. The molecule has 0 unspecified atom stereocenters. The number of anilines is 4. The van der Waals surface area contributed by atoms with E-state index < -0.39 is 4.92 Å². The molecule has 0 aliphatic carbocycles. The third kappa shape index (κ3) is 4.17. The molecule has 1 aliphatic rings. The fourth-order valence-electron chi connectivity index (χ4n) is 3.61. The quantitative estimate of drug-likeness (QED) is 0.467. The summed E-state index contributed by atoms with van der Waals surface area (Å²) in [6.45, 7) is 3.70. The van der Waals surface area contributed by atoms with E-state index in [0.717, 1.165) is 37.3 Å². The monoisotopic (exact) mass is 404 g/mol. The Bertz CT molecular complexity index is 952. The number of nitro groups is 1. The Morgan fingerprint density at radius 1 is 1.00 bits per heavy atom. The molecule has 0 spiro atoms. The zero-order chi connectivity index (χ0) is 20.9. The normalized spacial score (nSPS) is 14.4. The van der Waals surface area contributed by atoms with E-state index in [1.807, 2.05) is 65.6 Å². The number of rotatable bonds is 6. The average molecular weight is 404 g/mol. The van der Waals surface area contributed by atoms with Gasteiger partial charge in [0.05, 0.1) is 16.3 Å². The summed E-state index contributed by atoms with van der Waals surface area (Å²) >= 11 is 0. The standard InChI is InChI=1S/C22H24N6O2/c1-17-12-14-26(15-13-17)22-20(28(29)30)21(23-16-24-22)25-27(18-8-4-2-5-9-18)19-10-6-3-7-11-19/h2-11,16-17H,12-15H2,1H3,(H,23,24,25). The van der Waals surface area contributed by atoms with Gasteiger partial charge in [-0.1, -0.05) is 43.3 Å². The fourth-order valence-corrected chi connectivity index (χ4v) is 3.61. The Morgan fingerprint density at radius 2 is 1.57 bits per heavy atom. The molecule has 0 saturated carbocycles. The van der Waals surface area contributed by atoms with E-state index in [1.54, 1.807) is 5.01 Å². The van der Waals surface area contributed by atoms with Crippen LogP contribution >= 0.6 is 0 Å². The number of benzene rings is 2. The van der Waals surface area contributed by atoms with Gasteiger partial charge in [0.1, 0.15) is 6.33 Å². The van der Waals surface area contributed by atoms with Crippen molar-refractivity contribution in [3.63, 3.8) is 0 Å². The minimum atomic E-state index is -0.399. The topological polar surface area (TPSA) is 87.4 Å². The number of hydrogen-bond donors (Lipinski definition) is 1. The lowest BCUT2D eigenvalue weighted by atomic mass is 9.99. The number of para-hydroxylation sites is 2. The van der Waals surface area contributed by atoms with Gasteiger partial charge in [0.15, 0.2) is 0 Å². The van der Waals surface area contributed by atoms with Gasteiger partial charge in [-0.05, 0) is 43.0 Å². The minimum Gasteiger partial charge on any atom is -0.351 e.